The summed E-state index contributed by atoms with van der Waals surface area (Å²) in [6.07, 6.45) is 4.02. The van der Waals surface area contributed by atoms with Crippen molar-refractivity contribution < 1.29 is 9.53 Å². The Hall–Kier alpha value is -0.190. The predicted octanol–water partition coefficient (Wildman–Crippen LogP) is 3.65. The molecule has 0 aromatic carbocycles. The molecule has 0 radical (unpaired) electrons. The van der Waals surface area contributed by atoms with Gasteiger partial charge in [0, 0.05) is 33.8 Å². The second-order valence-electron chi connectivity index (χ2n) is 3.73. The third kappa shape index (κ3) is 2.89. The lowest BCUT2D eigenvalue weighted by Gasteiger charge is -2.07. The van der Waals surface area contributed by atoms with Gasteiger partial charge in [0.1, 0.15) is 0 Å². The van der Waals surface area contributed by atoms with Crippen molar-refractivity contribution in [2.24, 2.45) is 0 Å². The van der Waals surface area contributed by atoms with E-state index in [1.807, 2.05) is 10.8 Å². The molecule has 0 spiro atoms. The predicted molar refractivity (Wildman–Crippen MR) is 64.6 cm³/mol. The fraction of sp³-hybridized carbons (Fsp3) is 0.545. The summed E-state index contributed by atoms with van der Waals surface area (Å²) < 4.78 is 6.41. The number of thiophene rings is 1. The standard InChI is InChI=1S/C11H13BrO2S/c12-10-7-15-6-9(10)11(13)4-3-8-2-1-5-14-8/h6-8H,1-5H2. The molecule has 0 saturated carbocycles. The summed E-state index contributed by atoms with van der Waals surface area (Å²) in [5.74, 6) is 0.221. The number of ether oxygens (including phenoxy) is 1. The molecule has 1 unspecified atom stereocenters. The summed E-state index contributed by atoms with van der Waals surface area (Å²) >= 11 is 4.93. The summed E-state index contributed by atoms with van der Waals surface area (Å²) in [6.45, 7) is 0.862. The minimum Gasteiger partial charge on any atom is -0.378 e. The van der Waals surface area contributed by atoms with Crippen molar-refractivity contribution in [2.45, 2.75) is 31.8 Å². The van der Waals surface area contributed by atoms with Crippen LogP contribution >= 0.6 is 27.3 Å². The van der Waals surface area contributed by atoms with Crippen molar-refractivity contribution in [1.82, 2.24) is 0 Å². The number of rotatable bonds is 4. The Kier molecular flexibility index (Phi) is 3.94. The molecule has 0 N–H and O–H groups in total. The first-order valence-electron chi connectivity index (χ1n) is 5.14. The highest BCUT2D eigenvalue weighted by Gasteiger charge is 2.18. The molecule has 0 bridgehead atoms. The Morgan fingerprint density at radius 2 is 2.47 bits per heavy atom. The van der Waals surface area contributed by atoms with Crippen LogP contribution in [0, 0.1) is 0 Å². The van der Waals surface area contributed by atoms with Gasteiger partial charge >= 0.3 is 0 Å². The molecule has 1 aromatic rings. The molecule has 4 heteroatoms. The van der Waals surface area contributed by atoms with Crippen LogP contribution in [0.15, 0.2) is 15.2 Å². The Balaban J connectivity index is 1.84. The quantitative estimate of drug-likeness (QED) is 0.791. The van der Waals surface area contributed by atoms with Gasteiger partial charge in [0.2, 0.25) is 0 Å². The maximum absolute atomic E-state index is 11.8. The number of hydrogen-bond acceptors (Lipinski definition) is 3. The maximum atomic E-state index is 11.8. The average Bonchev–Trinajstić information content (AvgIpc) is 2.84. The fourth-order valence-electron chi connectivity index (χ4n) is 1.78. The Morgan fingerprint density at radius 1 is 1.60 bits per heavy atom. The van der Waals surface area contributed by atoms with E-state index in [2.05, 4.69) is 15.9 Å². The fourth-order valence-corrected chi connectivity index (χ4v) is 3.30. The van der Waals surface area contributed by atoms with Crippen LogP contribution in [0.2, 0.25) is 0 Å². The molecule has 2 heterocycles. The number of ketones is 1. The molecule has 2 rings (SSSR count). The van der Waals surface area contributed by atoms with Crippen molar-refractivity contribution in [2.75, 3.05) is 6.61 Å². The van der Waals surface area contributed by atoms with Gasteiger partial charge in [0.25, 0.3) is 0 Å². The van der Waals surface area contributed by atoms with Gasteiger partial charge < -0.3 is 4.74 Å². The van der Waals surface area contributed by atoms with Crippen molar-refractivity contribution in [3.63, 3.8) is 0 Å². The van der Waals surface area contributed by atoms with E-state index in [0.29, 0.717) is 12.5 Å². The lowest BCUT2D eigenvalue weighted by Crippen LogP contribution is -2.08. The summed E-state index contributed by atoms with van der Waals surface area (Å²) in [4.78, 5) is 11.8. The number of Topliss-reactive ketones (excluding diaryl/α,β-unsaturated/α-hetero) is 1. The van der Waals surface area contributed by atoms with Crippen LogP contribution in [-0.4, -0.2) is 18.5 Å². The van der Waals surface area contributed by atoms with Crippen LogP contribution in [0.5, 0.6) is 0 Å². The Morgan fingerprint density at radius 3 is 3.07 bits per heavy atom. The lowest BCUT2D eigenvalue weighted by molar-refractivity contribution is 0.0859. The van der Waals surface area contributed by atoms with Gasteiger partial charge in [-0.25, -0.2) is 0 Å². The normalized spacial score (nSPS) is 20.7. The average molecular weight is 289 g/mol. The minimum absolute atomic E-state index is 0.221. The summed E-state index contributed by atoms with van der Waals surface area (Å²) in [5.41, 5.74) is 0.818. The molecule has 1 atom stereocenters. The van der Waals surface area contributed by atoms with Crippen LogP contribution in [0.25, 0.3) is 0 Å². The zero-order chi connectivity index (χ0) is 10.7. The molecule has 0 amide bonds. The van der Waals surface area contributed by atoms with E-state index in [1.54, 1.807) is 11.3 Å². The second kappa shape index (κ2) is 5.23. The van der Waals surface area contributed by atoms with E-state index in [-0.39, 0.29) is 5.78 Å². The number of carbonyl (C=O) groups excluding carboxylic acids is 1. The Labute approximate surface area is 102 Å². The molecular weight excluding hydrogens is 276 g/mol. The van der Waals surface area contributed by atoms with Gasteiger partial charge in [0.15, 0.2) is 5.78 Å². The largest absolute Gasteiger partial charge is 0.378 e. The lowest BCUT2D eigenvalue weighted by atomic mass is 10.1. The van der Waals surface area contributed by atoms with Crippen molar-refractivity contribution in [3.8, 4) is 0 Å². The number of hydrogen-bond donors (Lipinski definition) is 0. The molecule has 15 heavy (non-hydrogen) atoms. The third-order valence-electron chi connectivity index (χ3n) is 2.63. The van der Waals surface area contributed by atoms with Gasteiger partial charge in [-0.3, -0.25) is 4.79 Å². The van der Waals surface area contributed by atoms with Crippen molar-refractivity contribution in [3.05, 3.63) is 20.8 Å². The molecule has 1 aromatic heterocycles. The van der Waals surface area contributed by atoms with Gasteiger partial charge in [-0.05, 0) is 35.2 Å². The molecule has 1 saturated heterocycles. The van der Waals surface area contributed by atoms with Gasteiger partial charge in [0.05, 0.1) is 6.10 Å². The molecule has 82 valence electrons. The molecule has 2 nitrogen and oxygen atoms in total. The van der Waals surface area contributed by atoms with E-state index < -0.39 is 0 Å². The topological polar surface area (TPSA) is 26.3 Å². The maximum Gasteiger partial charge on any atom is 0.164 e. The monoisotopic (exact) mass is 288 g/mol. The zero-order valence-corrected chi connectivity index (χ0v) is 10.8. The molecule has 1 aliphatic rings. The van der Waals surface area contributed by atoms with Crippen molar-refractivity contribution >= 4 is 33.0 Å². The number of halogens is 1. The first-order valence-corrected chi connectivity index (χ1v) is 6.87. The third-order valence-corrected chi connectivity index (χ3v) is 4.34. The van der Waals surface area contributed by atoms with Crippen LogP contribution < -0.4 is 0 Å². The zero-order valence-electron chi connectivity index (χ0n) is 8.37. The SMILES string of the molecule is O=C(CCC1CCCO1)c1cscc1Br. The smallest absolute Gasteiger partial charge is 0.164 e. The van der Waals surface area contributed by atoms with Crippen LogP contribution in [0.1, 0.15) is 36.0 Å². The number of carbonyl (C=O) groups is 1. The highest BCUT2D eigenvalue weighted by Crippen LogP contribution is 2.24. The van der Waals surface area contributed by atoms with E-state index >= 15 is 0 Å². The first kappa shape index (κ1) is 11.3. The second-order valence-corrected chi connectivity index (χ2v) is 5.33. The molecule has 1 aliphatic heterocycles. The van der Waals surface area contributed by atoms with Crippen LogP contribution in [0.4, 0.5) is 0 Å². The molecular formula is C11H13BrO2S. The molecule has 0 aliphatic carbocycles. The highest BCUT2D eigenvalue weighted by molar-refractivity contribution is 9.10. The minimum atomic E-state index is 0.221. The summed E-state index contributed by atoms with van der Waals surface area (Å²) in [7, 11) is 0. The first-order chi connectivity index (χ1) is 7.27. The van der Waals surface area contributed by atoms with Gasteiger partial charge in [-0.15, -0.1) is 0 Å². The summed E-state index contributed by atoms with van der Waals surface area (Å²) in [6, 6.07) is 0. The van der Waals surface area contributed by atoms with E-state index in [0.717, 1.165) is 35.9 Å². The van der Waals surface area contributed by atoms with Crippen LogP contribution in [0.3, 0.4) is 0 Å². The Bertz CT molecular complexity index is 342. The summed E-state index contributed by atoms with van der Waals surface area (Å²) in [5, 5.41) is 3.85. The van der Waals surface area contributed by atoms with Crippen molar-refractivity contribution in [1.29, 1.82) is 0 Å². The van der Waals surface area contributed by atoms with E-state index in [9.17, 15) is 4.79 Å². The van der Waals surface area contributed by atoms with E-state index in [4.69, 9.17) is 4.74 Å². The van der Waals surface area contributed by atoms with Gasteiger partial charge in [-0.1, -0.05) is 0 Å². The highest BCUT2D eigenvalue weighted by atomic mass is 79.9. The van der Waals surface area contributed by atoms with Gasteiger partial charge in [-0.2, -0.15) is 11.3 Å². The van der Waals surface area contributed by atoms with Crippen LogP contribution in [-0.2, 0) is 4.74 Å². The molecule has 1 fully saturated rings. The van der Waals surface area contributed by atoms with E-state index in [1.165, 1.54) is 0 Å².